The van der Waals surface area contributed by atoms with E-state index in [1.54, 1.807) is 0 Å². The molecule has 0 bridgehead atoms. The van der Waals surface area contributed by atoms with Gasteiger partial charge in [0.05, 0.1) is 12.1 Å². The van der Waals surface area contributed by atoms with E-state index < -0.39 is 12.1 Å². The fraction of sp³-hybridized carbons (Fsp3) is 0.200. The first-order valence-corrected chi connectivity index (χ1v) is 6.07. The number of rotatable bonds is 4. The first-order chi connectivity index (χ1) is 9.08. The zero-order valence-electron chi connectivity index (χ0n) is 10.8. The zero-order chi connectivity index (χ0) is 13.8. The largest absolute Gasteiger partial charge is 0.508 e. The molecule has 0 amide bonds. The number of aliphatic hydroxyl groups is 1. The van der Waals surface area contributed by atoms with Gasteiger partial charge in [0.1, 0.15) is 11.5 Å². The number of halogens is 1. The molecule has 108 valence electrons. The van der Waals surface area contributed by atoms with E-state index in [2.05, 4.69) is 0 Å². The molecular formula is C15H18ClNO3. The molecule has 0 aliphatic rings. The number of nitrogens with two attached hydrogens (primary N) is 1. The molecule has 2 rings (SSSR count). The molecule has 0 fully saturated rings. The van der Waals surface area contributed by atoms with Gasteiger partial charge in [-0.15, -0.1) is 12.4 Å². The molecule has 0 aliphatic carbocycles. The summed E-state index contributed by atoms with van der Waals surface area (Å²) >= 11 is 0. The summed E-state index contributed by atoms with van der Waals surface area (Å²) in [6.45, 7) is 0. The highest BCUT2D eigenvalue weighted by molar-refractivity contribution is 5.85. The van der Waals surface area contributed by atoms with Gasteiger partial charge in [-0.1, -0.05) is 30.3 Å². The quantitative estimate of drug-likeness (QED) is 0.696. The second-order valence-electron chi connectivity index (χ2n) is 4.53. The fourth-order valence-electron chi connectivity index (χ4n) is 2.00. The molecule has 20 heavy (non-hydrogen) atoms. The third kappa shape index (κ3) is 3.87. The van der Waals surface area contributed by atoms with Gasteiger partial charge in [0.15, 0.2) is 0 Å². The number of hydrogen-bond acceptors (Lipinski definition) is 4. The molecule has 0 saturated carbocycles. The molecule has 0 aliphatic heterocycles. The molecule has 2 aromatic rings. The maximum absolute atomic E-state index is 10.1. The van der Waals surface area contributed by atoms with E-state index in [0.29, 0.717) is 12.0 Å². The summed E-state index contributed by atoms with van der Waals surface area (Å²) in [5.74, 6) is -0.148. The first-order valence-electron chi connectivity index (χ1n) is 6.07. The summed E-state index contributed by atoms with van der Waals surface area (Å²) in [4.78, 5) is 0. The normalized spacial score (nSPS) is 13.3. The molecule has 5 heteroatoms. The Morgan fingerprint density at radius 1 is 1.00 bits per heavy atom. The van der Waals surface area contributed by atoms with Crippen LogP contribution in [0.1, 0.15) is 17.2 Å². The van der Waals surface area contributed by atoms with Gasteiger partial charge in [-0.3, -0.25) is 0 Å². The molecule has 0 radical (unpaired) electrons. The lowest BCUT2D eigenvalue weighted by atomic mass is 9.96. The summed E-state index contributed by atoms with van der Waals surface area (Å²) in [6, 6.07) is 13.0. The molecule has 0 saturated heterocycles. The van der Waals surface area contributed by atoms with Crippen LogP contribution in [-0.2, 0) is 6.42 Å². The van der Waals surface area contributed by atoms with Crippen molar-refractivity contribution in [2.45, 2.75) is 18.6 Å². The first kappa shape index (κ1) is 16.3. The van der Waals surface area contributed by atoms with Crippen LogP contribution in [0.3, 0.4) is 0 Å². The lowest BCUT2D eigenvalue weighted by Crippen LogP contribution is -2.28. The van der Waals surface area contributed by atoms with E-state index in [9.17, 15) is 15.3 Å². The van der Waals surface area contributed by atoms with E-state index in [-0.39, 0.29) is 23.9 Å². The number of aromatic hydroxyl groups is 2. The van der Waals surface area contributed by atoms with Gasteiger partial charge in [0.2, 0.25) is 0 Å². The highest BCUT2D eigenvalue weighted by atomic mass is 35.5. The Kier molecular flexibility index (Phi) is 5.82. The van der Waals surface area contributed by atoms with Crippen molar-refractivity contribution in [3.8, 4) is 11.5 Å². The van der Waals surface area contributed by atoms with Crippen LogP contribution in [0.5, 0.6) is 11.5 Å². The molecule has 2 atom stereocenters. The van der Waals surface area contributed by atoms with Gasteiger partial charge in [-0.25, -0.2) is 0 Å². The van der Waals surface area contributed by atoms with Crippen LogP contribution in [0.2, 0.25) is 0 Å². The smallest absolute Gasteiger partial charge is 0.124 e. The minimum absolute atomic E-state index is 0. The monoisotopic (exact) mass is 295 g/mol. The van der Waals surface area contributed by atoms with E-state index in [1.165, 1.54) is 18.2 Å². The maximum Gasteiger partial charge on any atom is 0.124 e. The number of aliphatic hydroxyl groups excluding tert-OH is 1. The van der Waals surface area contributed by atoms with Crippen molar-refractivity contribution in [2.24, 2.45) is 5.73 Å². The molecule has 0 heterocycles. The van der Waals surface area contributed by atoms with Crippen LogP contribution >= 0.6 is 12.4 Å². The van der Waals surface area contributed by atoms with Crippen LogP contribution in [-0.4, -0.2) is 21.4 Å². The zero-order valence-corrected chi connectivity index (χ0v) is 11.6. The van der Waals surface area contributed by atoms with Gasteiger partial charge < -0.3 is 21.1 Å². The van der Waals surface area contributed by atoms with E-state index >= 15 is 0 Å². The lowest BCUT2D eigenvalue weighted by molar-refractivity contribution is 0.143. The van der Waals surface area contributed by atoms with Gasteiger partial charge in [0, 0.05) is 18.1 Å². The second kappa shape index (κ2) is 7.14. The van der Waals surface area contributed by atoms with Gasteiger partial charge in [0.25, 0.3) is 0 Å². The van der Waals surface area contributed by atoms with Crippen LogP contribution in [0.4, 0.5) is 0 Å². The minimum atomic E-state index is -0.808. The molecule has 4 nitrogen and oxygen atoms in total. The number of phenolic OH excluding ortho intramolecular Hbond substituents is 2. The van der Waals surface area contributed by atoms with Crippen molar-refractivity contribution in [1.82, 2.24) is 0 Å². The Hall–Kier alpha value is -1.75. The lowest BCUT2D eigenvalue weighted by Gasteiger charge is -2.20. The minimum Gasteiger partial charge on any atom is -0.508 e. The van der Waals surface area contributed by atoms with Crippen molar-refractivity contribution >= 4 is 12.4 Å². The topological polar surface area (TPSA) is 86.7 Å². The van der Waals surface area contributed by atoms with Crippen molar-refractivity contribution in [1.29, 1.82) is 0 Å². The highest BCUT2D eigenvalue weighted by Crippen LogP contribution is 2.29. The van der Waals surface area contributed by atoms with Gasteiger partial charge in [-0.05, 0) is 17.7 Å². The summed E-state index contributed by atoms with van der Waals surface area (Å²) in [5, 5.41) is 29.1. The van der Waals surface area contributed by atoms with Crippen molar-refractivity contribution in [3.05, 3.63) is 59.7 Å². The van der Waals surface area contributed by atoms with Crippen molar-refractivity contribution < 1.29 is 15.3 Å². The number of phenols is 2. The molecule has 2 aromatic carbocycles. The van der Waals surface area contributed by atoms with Crippen molar-refractivity contribution in [3.63, 3.8) is 0 Å². The van der Waals surface area contributed by atoms with Crippen molar-refractivity contribution in [2.75, 3.05) is 0 Å². The average Bonchev–Trinajstić information content (AvgIpc) is 2.39. The predicted octanol–water partition coefficient (Wildman–Crippen LogP) is 2.12. The average molecular weight is 296 g/mol. The van der Waals surface area contributed by atoms with Crippen LogP contribution < -0.4 is 5.73 Å². The van der Waals surface area contributed by atoms with Gasteiger partial charge in [-0.2, -0.15) is 0 Å². The standard InChI is InChI=1S/C15H17NO3.ClH/c16-15(12-7-6-11(17)9-13(12)18)14(19)8-10-4-2-1-3-5-10;/h1-7,9,14-15,17-19H,8,16H2;1H/t14-,15+;/m1./s1. The number of benzene rings is 2. The third-order valence-corrected chi connectivity index (χ3v) is 3.08. The van der Waals surface area contributed by atoms with Crippen LogP contribution in [0.15, 0.2) is 48.5 Å². The molecular weight excluding hydrogens is 278 g/mol. The van der Waals surface area contributed by atoms with Crippen LogP contribution in [0.25, 0.3) is 0 Å². The Morgan fingerprint density at radius 3 is 2.25 bits per heavy atom. The summed E-state index contributed by atoms with van der Waals surface area (Å²) in [5.41, 5.74) is 7.34. The molecule has 5 N–H and O–H groups in total. The maximum atomic E-state index is 10.1. The SMILES string of the molecule is Cl.N[C@@H](c1ccc(O)cc1O)[C@H](O)Cc1ccccc1. The molecule has 0 aromatic heterocycles. The summed E-state index contributed by atoms with van der Waals surface area (Å²) in [6.07, 6.45) is -0.402. The summed E-state index contributed by atoms with van der Waals surface area (Å²) < 4.78 is 0. The molecule has 0 spiro atoms. The van der Waals surface area contributed by atoms with E-state index in [4.69, 9.17) is 5.73 Å². The Bertz CT molecular complexity index is 548. The summed E-state index contributed by atoms with van der Waals surface area (Å²) in [7, 11) is 0. The Morgan fingerprint density at radius 2 is 1.65 bits per heavy atom. The Balaban J connectivity index is 0.00000200. The predicted molar refractivity (Wildman–Crippen MR) is 80.1 cm³/mol. The van der Waals surface area contributed by atoms with E-state index in [1.807, 2.05) is 30.3 Å². The highest BCUT2D eigenvalue weighted by Gasteiger charge is 2.20. The van der Waals surface area contributed by atoms with Crippen LogP contribution in [0, 0.1) is 0 Å². The Labute approximate surface area is 123 Å². The molecule has 0 unspecified atom stereocenters. The third-order valence-electron chi connectivity index (χ3n) is 3.08. The van der Waals surface area contributed by atoms with Gasteiger partial charge >= 0.3 is 0 Å². The fourth-order valence-corrected chi connectivity index (χ4v) is 2.00. The van der Waals surface area contributed by atoms with E-state index in [0.717, 1.165) is 5.56 Å². The number of hydrogen-bond donors (Lipinski definition) is 4. The second-order valence-corrected chi connectivity index (χ2v) is 4.53.